The van der Waals surface area contributed by atoms with Crippen LogP contribution in [0.25, 0.3) is 0 Å². The lowest BCUT2D eigenvalue weighted by atomic mass is 9.94. The van der Waals surface area contributed by atoms with Gasteiger partial charge in [0.05, 0.1) is 11.3 Å². The summed E-state index contributed by atoms with van der Waals surface area (Å²) in [6.07, 6.45) is 2.70. The molecule has 3 amide bonds. The Bertz CT molecular complexity index is 733. The van der Waals surface area contributed by atoms with Gasteiger partial charge < -0.3 is 15.5 Å². The van der Waals surface area contributed by atoms with Gasteiger partial charge >= 0.3 is 0 Å². The molecule has 7 heteroatoms. The number of amides is 3. The third-order valence-electron chi connectivity index (χ3n) is 5.34. The molecule has 2 aliphatic heterocycles. The first-order chi connectivity index (χ1) is 12.4. The van der Waals surface area contributed by atoms with Crippen LogP contribution >= 0.6 is 15.9 Å². The highest BCUT2D eigenvalue weighted by Gasteiger charge is 2.40. The molecule has 2 atom stereocenters. The normalized spacial score (nSPS) is 22.4. The van der Waals surface area contributed by atoms with Crippen LogP contribution < -0.4 is 10.6 Å². The molecule has 1 aromatic rings. The van der Waals surface area contributed by atoms with Crippen LogP contribution in [0.3, 0.4) is 0 Å². The van der Waals surface area contributed by atoms with Crippen LogP contribution in [0.5, 0.6) is 0 Å². The monoisotopic (exact) mass is 421 g/mol. The molecule has 1 saturated heterocycles. The number of anilines is 1. The number of rotatable bonds is 4. The molecule has 2 N–H and O–H groups in total. The summed E-state index contributed by atoms with van der Waals surface area (Å²) in [4.78, 5) is 39.6. The van der Waals surface area contributed by atoms with Crippen LogP contribution in [-0.2, 0) is 9.59 Å². The van der Waals surface area contributed by atoms with E-state index in [9.17, 15) is 14.4 Å². The highest BCUT2D eigenvalue weighted by atomic mass is 79.9. The second kappa shape index (κ2) is 7.78. The number of fused-ring (bicyclic) bond motifs is 2. The molecule has 0 aliphatic carbocycles. The number of benzene rings is 1. The molecule has 0 spiro atoms. The lowest BCUT2D eigenvalue weighted by Crippen LogP contribution is -2.55. The van der Waals surface area contributed by atoms with Crippen LogP contribution in [0.2, 0.25) is 0 Å². The Morgan fingerprint density at radius 2 is 2.08 bits per heavy atom. The van der Waals surface area contributed by atoms with E-state index in [-0.39, 0.29) is 29.7 Å². The van der Waals surface area contributed by atoms with Crippen LogP contribution in [0, 0.1) is 5.92 Å². The Kier molecular flexibility index (Phi) is 5.65. The lowest BCUT2D eigenvalue weighted by Gasteiger charge is -2.37. The standard InChI is InChI=1S/C19H24BrN3O3/c1-3-11(4-2)17(24)21-13-7-8-23-16(10-13)18(25)22-15-6-5-12(20)9-14(15)19(23)26/h5-6,9,11,13,16H,3-4,7-8,10H2,1-2H3,(H,21,24)(H,22,25). The van der Waals surface area contributed by atoms with Gasteiger partial charge in [-0.25, -0.2) is 0 Å². The van der Waals surface area contributed by atoms with E-state index in [0.717, 1.165) is 17.3 Å². The number of nitrogens with one attached hydrogen (secondary N) is 2. The first kappa shape index (κ1) is 18.9. The quantitative estimate of drug-likeness (QED) is 0.783. The van der Waals surface area contributed by atoms with Crippen molar-refractivity contribution in [1.82, 2.24) is 10.2 Å². The zero-order valence-electron chi connectivity index (χ0n) is 15.0. The molecule has 0 radical (unpaired) electrons. The Hall–Kier alpha value is -1.89. The van der Waals surface area contributed by atoms with E-state index in [1.807, 2.05) is 13.8 Å². The Balaban J connectivity index is 1.77. The Labute approximate surface area is 161 Å². The van der Waals surface area contributed by atoms with E-state index in [2.05, 4.69) is 26.6 Å². The topological polar surface area (TPSA) is 78.5 Å². The zero-order chi connectivity index (χ0) is 18.8. The zero-order valence-corrected chi connectivity index (χ0v) is 16.6. The average molecular weight is 422 g/mol. The van der Waals surface area contributed by atoms with Gasteiger partial charge in [-0.05, 0) is 43.9 Å². The van der Waals surface area contributed by atoms with Gasteiger partial charge in [0.1, 0.15) is 6.04 Å². The molecule has 26 heavy (non-hydrogen) atoms. The molecule has 0 saturated carbocycles. The van der Waals surface area contributed by atoms with E-state index >= 15 is 0 Å². The molecule has 2 aliphatic rings. The van der Waals surface area contributed by atoms with Crippen LogP contribution in [0.1, 0.15) is 49.9 Å². The van der Waals surface area contributed by atoms with E-state index in [1.54, 1.807) is 23.1 Å². The van der Waals surface area contributed by atoms with Crippen molar-refractivity contribution in [2.24, 2.45) is 5.92 Å². The van der Waals surface area contributed by atoms with Gasteiger partial charge in [0.2, 0.25) is 11.8 Å². The maximum Gasteiger partial charge on any atom is 0.256 e. The third-order valence-corrected chi connectivity index (χ3v) is 5.83. The molecular weight excluding hydrogens is 398 g/mol. The number of nitrogens with zero attached hydrogens (tertiary/aromatic N) is 1. The SMILES string of the molecule is CCC(CC)C(=O)NC1CCN2C(=O)c3cc(Br)ccc3NC(=O)C2C1. The average Bonchev–Trinajstić information content (AvgIpc) is 2.72. The fraction of sp³-hybridized carbons (Fsp3) is 0.526. The van der Waals surface area contributed by atoms with Gasteiger partial charge in [-0.15, -0.1) is 0 Å². The number of hydrogen-bond acceptors (Lipinski definition) is 3. The highest BCUT2D eigenvalue weighted by molar-refractivity contribution is 9.10. The number of carbonyl (C=O) groups is 3. The van der Waals surface area contributed by atoms with Crippen molar-refractivity contribution in [3.05, 3.63) is 28.2 Å². The lowest BCUT2D eigenvalue weighted by molar-refractivity contribution is -0.127. The summed E-state index contributed by atoms with van der Waals surface area (Å²) in [5, 5.41) is 5.94. The molecule has 1 aromatic carbocycles. The Morgan fingerprint density at radius 1 is 1.35 bits per heavy atom. The van der Waals surface area contributed by atoms with Crippen molar-refractivity contribution in [2.75, 3.05) is 11.9 Å². The molecule has 0 aromatic heterocycles. The molecule has 6 nitrogen and oxygen atoms in total. The van der Waals surface area contributed by atoms with E-state index in [0.29, 0.717) is 30.6 Å². The summed E-state index contributed by atoms with van der Waals surface area (Å²) in [5.41, 5.74) is 1.03. The molecule has 0 bridgehead atoms. The second-order valence-corrected chi connectivity index (χ2v) is 7.85. The fourth-order valence-electron chi connectivity index (χ4n) is 3.74. The van der Waals surface area contributed by atoms with Crippen molar-refractivity contribution < 1.29 is 14.4 Å². The minimum atomic E-state index is -0.561. The van der Waals surface area contributed by atoms with E-state index < -0.39 is 6.04 Å². The van der Waals surface area contributed by atoms with Crippen molar-refractivity contribution in [2.45, 2.75) is 51.6 Å². The smallest absolute Gasteiger partial charge is 0.256 e. The van der Waals surface area contributed by atoms with E-state index in [4.69, 9.17) is 0 Å². The predicted molar refractivity (Wildman–Crippen MR) is 103 cm³/mol. The molecular formula is C19H24BrN3O3. The first-order valence-corrected chi connectivity index (χ1v) is 9.95. The number of carbonyl (C=O) groups excluding carboxylic acids is 3. The fourth-order valence-corrected chi connectivity index (χ4v) is 4.10. The van der Waals surface area contributed by atoms with Crippen molar-refractivity contribution >= 4 is 39.3 Å². The van der Waals surface area contributed by atoms with Gasteiger partial charge in [0, 0.05) is 23.0 Å². The molecule has 3 rings (SSSR count). The van der Waals surface area contributed by atoms with Crippen molar-refractivity contribution in [1.29, 1.82) is 0 Å². The minimum absolute atomic E-state index is 0.000716. The third kappa shape index (κ3) is 3.63. The summed E-state index contributed by atoms with van der Waals surface area (Å²) < 4.78 is 0.796. The number of hydrogen-bond donors (Lipinski definition) is 2. The van der Waals surface area contributed by atoms with Crippen molar-refractivity contribution in [3.8, 4) is 0 Å². The van der Waals surface area contributed by atoms with Crippen molar-refractivity contribution in [3.63, 3.8) is 0 Å². The van der Waals surface area contributed by atoms with Gasteiger partial charge in [-0.3, -0.25) is 14.4 Å². The molecule has 140 valence electrons. The largest absolute Gasteiger partial charge is 0.353 e. The van der Waals surface area contributed by atoms with Crippen LogP contribution in [0.4, 0.5) is 5.69 Å². The Morgan fingerprint density at radius 3 is 2.77 bits per heavy atom. The summed E-state index contributed by atoms with van der Waals surface area (Å²) >= 11 is 3.38. The predicted octanol–water partition coefficient (Wildman–Crippen LogP) is 2.93. The highest BCUT2D eigenvalue weighted by Crippen LogP contribution is 2.30. The maximum atomic E-state index is 12.9. The van der Waals surface area contributed by atoms with Crippen LogP contribution in [0.15, 0.2) is 22.7 Å². The minimum Gasteiger partial charge on any atom is -0.353 e. The van der Waals surface area contributed by atoms with Gasteiger partial charge in [0.25, 0.3) is 5.91 Å². The molecule has 2 heterocycles. The maximum absolute atomic E-state index is 12.9. The summed E-state index contributed by atoms with van der Waals surface area (Å²) in [5.74, 6) is -0.296. The van der Waals surface area contributed by atoms with Gasteiger partial charge in [-0.1, -0.05) is 29.8 Å². The molecule has 1 fully saturated rings. The first-order valence-electron chi connectivity index (χ1n) is 9.16. The summed E-state index contributed by atoms with van der Waals surface area (Å²) in [6.45, 7) is 4.46. The molecule has 2 unspecified atom stereocenters. The summed E-state index contributed by atoms with van der Waals surface area (Å²) in [7, 11) is 0. The van der Waals surface area contributed by atoms with E-state index in [1.165, 1.54) is 0 Å². The number of halogens is 1. The second-order valence-electron chi connectivity index (χ2n) is 6.94. The summed E-state index contributed by atoms with van der Waals surface area (Å²) in [6, 6.07) is 4.63. The van der Waals surface area contributed by atoms with Gasteiger partial charge in [-0.2, -0.15) is 0 Å². The van der Waals surface area contributed by atoms with Crippen LogP contribution in [-0.4, -0.2) is 41.2 Å². The number of piperidine rings is 1. The van der Waals surface area contributed by atoms with Gasteiger partial charge in [0.15, 0.2) is 0 Å².